The monoisotopic (exact) mass is 380 g/mol. The van der Waals surface area contributed by atoms with Crippen LogP contribution in [0, 0.1) is 11.3 Å². The largest absolute Gasteiger partial charge is 0.396 e. The molecule has 0 saturated carbocycles. The lowest BCUT2D eigenvalue weighted by atomic mass is 9.82. The molecule has 2 aromatic heterocycles. The first-order valence-corrected chi connectivity index (χ1v) is 10.2. The van der Waals surface area contributed by atoms with E-state index in [1.165, 1.54) is 16.5 Å². The number of aromatic amines is 1. The molecule has 7 nitrogen and oxygen atoms in total. The van der Waals surface area contributed by atoms with Crippen molar-refractivity contribution in [1.82, 2.24) is 29.5 Å². The molecule has 1 aromatic carbocycles. The van der Waals surface area contributed by atoms with E-state index < -0.39 is 0 Å². The summed E-state index contributed by atoms with van der Waals surface area (Å²) < 4.78 is 1.96. The van der Waals surface area contributed by atoms with Gasteiger partial charge in [0.05, 0.1) is 13.2 Å². The van der Waals surface area contributed by atoms with Crippen molar-refractivity contribution in [3.05, 3.63) is 48.2 Å². The molecule has 0 bridgehead atoms. The van der Waals surface area contributed by atoms with Crippen LogP contribution in [-0.2, 0) is 19.6 Å². The number of nitrogens with zero attached hydrogens (tertiary/aromatic N) is 5. The standard InChI is InChI=1S/C21H28N6O/c1-2-27-20(23-15-24-27)11-26-10-17-9-25(12-21(17,13-26)14-28)8-16-4-3-5-19-18(16)6-7-22-19/h3-7,15,17,22,28H,2,8-14H2,1H3. The Labute approximate surface area is 165 Å². The second-order valence-corrected chi connectivity index (χ2v) is 8.40. The van der Waals surface area contributed by atoms with E-state index >= 15 is 0 Å². The van der Waals surface area contributed by atoms with Crippen LogP contribution >= 0.6 is 0 Å². The van der Waals surface area contributed by atoms with Crippen LogP contribution < -0.4 is 0 Å². The van der Waals surface area contributed by atoms with Gasteiger partial charge >= 0.3 is 0 Å². The molecule has 0 amide bonds. The van der Waals surface area contributed by atoms with E-state index in [1.807, 2.05) is 10.9 Å². The topological polar surface area (TPSA) is 73.2 Å². The molecule has 2 aliphatic rings. The summed E-state index contributed by atoms with van der Waals surface area (Å²) in [7, 11) is 0. The highest BCUT2D eigenvalue weighted by Gasteiger charge is 2.51. The van der Waals surface area contributed by atoms with E-state index in [0.29, 0.717) is 5.92 Å². The molecule has 2 atom stereocenters. The van der Waals surface area contributed by atoms with E-state index in [-0.39, 0.29) is 12.0 Å². The number of nitrogens with one attached hydrogen (secondary N) is 1. The summed E-state index contributed by atoms with van der Waals surface area (Å²) in [5, 5.41) is 15.9. The van der Waals surface area contributed by atoms with Crippen molar-refractivity contribution < 1.29 is 5.11 Å². The number of hydrogen-bond donors (Lipinski definition) is 2. The van der Waals surface area contributed by atoms with Gasteiger partial charge in [-0.3, -0.25) is 9.80 Å². The van der Waals surface area contributed by atoms with Gasteiger partial charge < -0.3 is 10.1 Å². The maximum absolute atomic E-state index is 10.3. The fourth-order valence-electron chi connectivity index (χ4n) is 5.27. The molecule has 0 aliphatic carbocycles. The molecule has 3 aromatic rings. The Hall–Kier alpha value is -2.22. The van der Waals surface area contributed by atoms with Crippen LogP contribution in [0.4, 0.5) is 0 Å². The summed E-state index contributed by atoms with van der Waals surface area (Å²) in [6.45, 7) is 8.87. The van der Waals surface area contributed by atoms with Gasteiger partial charge in [0, 0.05) is 61.8 Å². The lowest BCUT2D eigenvalue weighted by Gasteiger charge is -2.27. The van der Waals surface area contributed by atoms with E-state index in [2.05, 4.69) is 56.1 Å². The molecule has 2 N–H and O–H groups in total. The molecule has 7 heteroatoms. The fraction of sp³-hybridized carbons (Fsp3) is 0.524. The number of aromatic nitrogens is 4. The Morgan fingerprint density at radius 2 is 2.00 bits per heavy atom. The zero-order chi connectivity index (χ0) is 19.1. The fourth-order valence-corrected chi connectivity index (χ4v) is 5.27. The molecule has 0 radical (unpaired) electrons. The first-order valence-electron chi connectivity index (χ1n) is 10.2. The van der Waals surface area contributed by atoms with Gasteiger partial charge in [-0.05, 0) is 30.5 Å². The highest BCUT2D eigenvalue weighted by Crippen LogP contribution is 2.43. The number of H-pyrrole nitrogens is 1. The number of rotatable bonds is 6. The van der Waals surface area contributed by atoms with Crippen LogP contribution in [0.25, 0.3) is 10.9 Å². The number of aryl methyl sites for hydroxylation is 1. The first kappa shape index (κ1) is 17.8. The van der Waals surface area contributed by atoms with Crippen molar-refractivity contribution in [2.75, 3.05) is 32.8 Å². The molecule has 2 aliphatic heterocycles. The predicted octanol–water partition coefficient (Wildman–Crippen LogP) is 1.71. The Kier molecular flexibility index (Phi) is 4.45. The Morgan fingerprint density at radius 1 is 1.18 bits per heavy atom. The maximum Gasteiger partial charge on any atom is 0.140 e. The zero-order valence-corrected chi connectivity index (χ0v) is 16.4. The number of fused-ring (bicyclic) bond motifs is 2. The molecule has 5 rings (SSSR count). The molecule has 0 spiro atoms. The molecular formula is C21H28N6O. The summed E-state index contributed by atoms with van der Waals surface area (Å²) in [6.07, 6.45) is 3.65. The van der Waals surface area contributed by atoms with Gasteiger partial charge in [-0.2, -0.15) is 5.10 Å². The van der Waals surface area contributed by atoms with Crippen molar-refractivity contribution in [1.29, 1.82) is 0 Å². The van der Waals surface area contributed by atoms with Crippen LogP contribution in [-0.4, -0.2) is 67.4 Å². The smallest absolute Gasteiger partial charge is 0.140 e. The molecule has 2 unspecified atom stereocenters. The van der Waals surface area contributed by atoms with Gasteiger partial charge in [-0.15, -0.1) is 0 Å². The van der Waals surface area contributed by atoms with Crippen molar-refractivity contribution in [2.24, 2.45) is 11.3 Å². The number of benzene rings is 1. The van der Waals surface area contributed by atoms with E-state index in [4.69, 9.17) is 0 Å². The Morgan fingerprint density at radius 3 is 2.75 bits per heavy atom. The molecule has 148 valence electrons. The Balaban J connectivity index is 1.29. The van der Waals surface area contributed by atoms with Crippen molar-refractivity contribution in [3.63, 3.8) is 0 Å². The summed E-state index contributed by atoms with van der Waals surface area (Å²) >= 11 is 0. The van der Waals surface area contributed by atoms with E-state index in [1.54, 1.807) is 6.33 Å². The van der Waals surface area contributed by atoms with E-state index in [0.717, 1.165) is 51.6 Å². The van der Waals surface area contributed by atoms with Crippen LogP contribution in [0.2, 0.25) is 0 Å². The third-order valence-corrected chi connectivity index (χ3v) is 6.65. The van der Waals surface area contributed by atoms with Crippen molar-refractivity contribution >= 4 is 10.9 Å². The second kappa shape index (κ2) is 6.99. The first-order chi connectivity index (χ1) is 13.7. The third-order valence-electron chi connectivity index (χ3n) is 6.65. The van der Waals surface area contributed by atoms with Crippen molar-refractivity contribution in [3.8, 4) is 0 Å². The molecular weight excluding hydrogens is 352 g/mol. The number of aliphatic hydroxyl groups excluding tert-OH is 1. The number of likely N-dealkylation sites (tertiary alicyclic amines) is 2. The molecule has 28 heavy (non-hydrogen) atoms. The average Bonchev–Trinajstić information content (AvgIpc) is 3.44. The SMILES string of the molecule is CCn1ncnc1CN1CC2CN(Cc3cccc4[nH]ccc34)CC2(CO)C1. The quantitative estimate of drug-likeness (QED) is 0.681. The van der Waals surface area contributed by atoms with Crippen molar-refractivity contribution in [2.45, 2.75) is 26.6 Å². The molecule has 4 heterocycles. The van der Waals surface area contributed by atoms with Gasteiger partial charge in [0.1, 0.15) is 12.2 Å². The van der Waals surface area contributed by atoms with Gasteiger partial charge in [0.15, 0.2) is 0 Å². The average molecular weight is 380 g/mol. The zero-order valence-electron chi connectivity index (χ0n) is 16.4. The lowest BCUT2D eigenvalue weighted by molar-refractivity contribution is 0.110. The molecule has 2 saturated heterocycles. The summed E-state index contributed by atoms with van der Waals surface area (Å²) in [5.74, 6) is 1.52. The normalized spacial score (nSPS) is 25.7. The lowest BCUT2D eigenvalue weighted by Crippen LogP contribution is -2.37. The van der Waals surface area contributed by atoms with Crippen LogP contribution in [0.5, 0.6) is 0 Å². The Bertz CT molecular complexity index is 965. The highest BCUT2D eigenvalue weighted by atomic mass is 16.3. The minimum Gasteiger partial charge on any atom is -0.396 e. The predicted molar refractivity (Wildman–Crippen MR) is 108 cm³/mol. The molecule has 2 fully saturated rings. The van der Waals surface area contributed by atoms with Gasteiger partial charge in [0.2, 0.25) is 0 Å². The highest BCUT2D eigenvalue weighted by molar-refractivity contribution is 5.82. The van der Waals surface area contributed by atoms with Crippen LogP contribution in [0.1, 0.15) is 18.3 Å². The third kappa shape index (κ3) is 2.94. The summed E-state index contributed by atoms with van der Waals surface area (Å²) in [4.78, 5) is 12.7. The van der Waals surface area contributed by atoms with Crippen LogP contribution in [0.15, 0.2) is 36.8 Å². The van der Waals surface area contributed by atoms with Gasteiger partial charge in [-0.1, -0.05) is 12.1 Å². The maximum atomic E-state index is 10.3. The number of aliphatic hydroxyl groups is 1. The number of hydrogen-bond acceptors (Lipinski definition) is 5. The minimum atomic E-state index is -0.0247. The minimum absolute atomic E-state index is 0.0247. The van der Waals surface area contributed by atoms with Gasteiger partial charge in [0.25, 0.3) is 0 Å². The summed E-state index contributed by atoms with van der Waals surface area (Å²) in [6, 6.07) is 8.63. The van der Waals surface area contributed by atoms with Crippen LogP contribution in [0.3, 0.4) is 0 Å². The van der Waals surface area contributed by atoms with Gasteiger partial charge in [-0.25, -0.2) is 9.67 Å². The second-order valence-electron chi connectivity index (χ2n) is 8.40. The van der Waals surface area contributed by atoms with E-state index in [9.17, 15) is 5.11 Å². The summed E-state index contributed by atoms with van der Waals surface area (Å²) in [5.41, 5.74) is 2.53.